The van der Waals surface area contributed by atoms with E-state index in [4.69, 9.17) is 5.11 Å². The lowest BCUT2D eigenvalue weighted by Crippen LogP contribution is -2.13. The van der Waals surface area contributed by atoms with E-state index in [1.807, 2.05) is 4.68 Å². The Balaban J connectivity index is 2.31. The molecule has 0 spiro atoms. The highest BCUT2D eigenvalue weighted by atomic mass is 16.4. The Hall–Kier alpha value is -1.39. The van der Waals surface area contributed by atoms with Crippen LogP contribution in [0.1, 0.15) is 62.9 Å². The Bertz CT molecular complexity index is 406. The van der Waals surface area contributed by atoms with E-state index in [1.54, 1.807) is 0 Å². The van der Waals surface area contributed by atoms with Crippen LogP contribution in [0.2, 0.25) is 0 Å². The summed E-state index contributed by atoms with van der Waals surface area (Å²) < 4.78 is 1.97. The summed E-state index contributed by atoms with van der Waals surface area (Å²) in [6.07, 6.45) is 4.71. The van der Waals surface area contributed by atoms with Crippen LogP contribution in [-0.4, -0.2) is 26.1 Å². The molecule has 0 bridgehead atoms. The lowest BCUT2D eigenvalue weighted by molar-refractivity contribution is -0.136. The molecule has 1 fully saturated rings. The van der Waals surface area contributed by atoms with Gasteiger partial charge in [-0.05, 0) is 18.8 Å². The Labute approximate surface area is 101 Å². The zero-order chi connectivity index (χ0) is 12.4. The molecule has 94 valence electrons. The van der Waals surface area contributed by atoms with Crippen LogP contribution in [0.3, 0.4) is 0 Å². The minimum Gasteiger partial charge on any atom is -0.481 e. The van der Waals surface area contributed by atoms with Crippen molar-refractivity contribution < 1.29 is 9.90 Å². The van der Waals surface area contributed by atoms with Crippen LogP contribution in [0.15, 0.2) is 0 Å². The molecule has 1 aliphatic rings. The summed E-state index contributed by atoms with van der Waals surface area (Å²) in [5.41, 5.74) is 1.62. The van der Waals surface area contributed by atoms with E-state index in [1.165, 1.54) is 12.8 Å². The molecule has 1 N–H and O–H groups in total. The molecule has 0 amide bonds. The van der Waals surface area contributed by atoms with Crippen molar-refractivity contribution in [3.05, 3.63) is 11.4 Å². The number of hydrogen-bond acceptors (Lipinski definition) is 3. The molecule has 2 rings (SSSR count). The molecule has 0 unspecified atom stereocenters. The minimum absolute atomic E-state index is 0.0275. The molecule has 0 saturated heterocycles. The molecule has 1 aromatic heterocycles. The van der Waals surface area contributed by atoms with Crippen molar-refractivity contribution in [1.82, 2.24) is 15.0 Å². The smallest absolute Gasteiger partial charge is 0.309 e. The van der Waals surface area contributed by atoms with E-state index in [-0.39, 0.29) is 12.3 Å². The molecule has 0 radical (unpaired) electrons. The lowest BCUT2D eigenvalue weighted by atomic mass is 10.1. The van der Waals surface area contributed by atoms with Gasteiger partial charge in [0, 0.05) is 0 Å². The number of carboxylic acid groups (broad SMARTS) is 1. The standard InChI is InChI=1S/C12H19N3O2/c1-8(2)12-10(7-11(16)17)13-14-15(12)9-5-3-4-6-9/h8-9H,3-7H2,1-2H3,(H,16,17). The van der Waals surface area contributed by atoms with Crippen molar-refractivity contribution in [3.8, 4) is 0 Å². The van der Waals surface area contributed by atoms with Crippen molar-refractivity contribution >= 4 is 5.97 Å². The van der Waals surface area contributed by atoms with Gasteiger partial charge in [-0.1, -0.05) is 31.9 Å². The summed E-state index contributed by atoms with van der Waals surface area (Å²) in [5, 5.41) is 17.1. The van der Waals surface area contributed by atoms with Gasteiger partial charge in [0.25, 0.3) is 0 Å². The van der Waals surface area contributed by atoms with E-state index in [2.05, 4.69) is 24.2 Å². The van der Waals surface area contributed by atoms with Gasteiger partial charge in [0.05, 0.1) is 23.9 Å². The van der Waals surface area contributed by atoms with Gasteiger partial charge < -0.3 is 5.11 Å². The molecule has 1 heterocycles. The Morgan fingerprint density at radius 2 is 2.12 bits per heavy atom. The molecular weight excluding hydrogens is 218 g/mol. The predicted octanol–water partition coefficient (Wildman–Crippen LogP) is 2.14. The monoisotopic (exact) mass is 237 g/mol. The van der Waals surface area contributed by atoms with Crippen molar-refractivity contribution in [2.45, 2.75) is 57.9 Å². The van der Waals surface area contributed by atoms with Crippen molar-refractivity contribution in [2.75, 3.05) is 0 Å². The van der Waals surface area contributed by atoms with Gasteiger partial charge in [0.15, 0.2) is 0 Å². The highest BCUT2D eigenvalue weighted by Crippen LogP contribution is 2.32. The van der Waals surface area contributed by atoms with Crippen LogP contribution in [0.4, 0.5) is 0 Å². The Morgan fingerprint density at radius 1 is 1.47 bits per heavy atom. The summed E-state index contributed by atoms with van der Waals surface area (Å²) in [6.45, 7) is 4.13. The number of aliphatic carboxylic acids is 1. The first-order valence-electron chi connectivity index (χ1n) is 6.25. The topological polar surface area (TPSA) is 68.0 Å². The van der Waals surface area contributed by atoms with Crippen LogP contribution in [0.25, 0.3) is 0 Å². The van der Waals surface area contributed by atoms with Gasteiger partial charge in [-0.25, -0.2) is 4.68 Å². The average Bonchev–Trinajstić information content (AvgIpc) is 2.82. The summed E-state index contributed by atoms with van der Waals surface area (Å²) in [6, 6.07) is 0.419. The van der Waals surface area contributed by atoms with Gasteiger partial charge in [-0.2, -0.15) is 0 Å². The van der Waals surface area contributed by atoms with Crippen LogP contribution in [0.5, 0.6) is 0 Å². The van der Waals surface area contributed by atoms with E-state index in [0.29, 0.717) is 11.7 Å². The average molecular weight is 237 g/mol. The molecule has 1 aromatic rings. The second kappa shape index (κ2) is 4.85. The third-order valence-electron chi connectivity index (χ3n) is 3.34. The summed E-state index contributed by atoms with van der Waals surface area (Å²) in [4.78, 5) is 10.8. The van der Waals surface area contributed by atoms with Gasteiger partial charge >= 0.3 is 5.97 Å². The first kappa shape index (κ1) is 12.1. The molecule has 0 aromatic carbocycles. The third-order valence-corrected chi connectivity index (χ3v) is 3.34. The lowest BCUT2D eigenvalue weighted by Gasteiger charge is -2.15. The summed E-state index contributed by atoms with van der Waals surface area (Å²) in [7, 11) is 0. The molecule has 5 heteroatoms. The van der Waals surface area contributed by atoms with E-state index >= 15 is 0 Å². The molecule has 0 aliphatic heterocycles. The van der Waals surface area contributed by atoms with Gasteiger partial charge in [-0.3, -0.25) is 4.79 Å². The quantitative estimate of drug-likeness (QED) is 0.871. The molecule has 1 saturated carbocycles. The van der Waals surface area contributed by atoms with E-state index in [9.17, 15) is 4.79 Å². The zero-order valence-electron chi connectivity index (χ0n) is 10.4. The second-order valence-corrected chi connectivity index (χ2v) is 5.03. The second-order valence-electron chi connectivity index (χ2n) is 5.03. The van der Waals surface area contributed by atoms with Crippen LogP contribution < -0.4 is 0 Å². The van der Waals surface area contributed by atoms with Gasteiger partial charge in [-0.15, -0.1) is 5.10 Å². The first-order valence-corrected chi connectivity index (χ1v) is 6.25. The maximum absolute atomic E-state index is 10.8. The van der Waals surface area contributed by atoms with Gasteiger partial charge in [0.2, 0.25) is 0 Å². The molecule has 0 atom stereocenters. The number of nitrogens with zero attached hydrogens (tertiary/aromatic N) is 3. The highest BCUT2D eigenvalue weighted by Gasteiger charge is 2.25. The first-order chi connectivity index (χ1) is 8.09. The number of carboxylic acids is 1. The van der Waals surface area contributed by atoms with E-state index < -0.39 is 5.97 Å². The Morgan fingerprint density at radius 3 is 2.65 bits per heavy atom. The third kappa shape index (κ3) is 2.48. The highest BCUT2D eigenvalue weighted by molar-refractivity contribution is 5.69. The summed E-state index contributed by atoms with van der Waals surface area (Å²) >= 11 is 0. The largest absolute Gasteiger partial charge is 0.481 e. The fraction of sp³-hybridized carbons (Fsp3) is 0.750. The SMILES string of the molecule is CC(C)c1c(CC(=O)O)nnn1C1CCCC1. The number of aromatic nitrogens is 3. The van der Waals surface area contributed by atoms with Gasteiger partial charge in [0.1, 0.15) is 0 Å². The molecule has 17 heavy (non-hydrogen) atoms. The molecule has 1 aliphatic carbocycles. The van der Waals surface area contributed by atoms with Crippen molar-refractivity contribution in [3.63, 3.8) is 0 Å². The predicted molar refractivity (Wildman–Crippen MR) is 63.0 cm³/mol. The molecular formula is C12H19N3O2. The summed E-state index contributed by atoms with van der Waals surface area (Å²) in [5.74, 6) is -0.578. The number of carbonyl (C=O) groups is 1. The van der Waals surface area contributed by atoms with Crippen molar-refractivity contribution in [2.24, 2.45) is 0 Å². The number of hydrogen-bond donors (Lipinski definition) is 1. The van der Waals surface area contributed by atoms with Crippen LogP contribution in [-0.2, 0) is 11.2 Å². The molecule has 5 nitrogen and oxygen atoms in total. The van der Waals surface area contributed by atoms with Crippen LogP contribution >= 0.6 is 0 Å². The van der Waals surface area contributed by atoms with E-state index in [0.717, 1.165) is 18.5 Å². The Kier molecular flexibility index (Phi) is 3.45. The minimum atomic E-state index is -0.842. The maximum atomic E-state index is 10.8. The van der Waals surface area contributed by atoms with Crippen molar-refractivity contribution in [1.29, 1.82) is 0 Å². The maximum Gasteiger partial charge on any atom is 0.309 e. The fourth-order valence-electron chi connectivity index (χ4n) is 2.62. The number of rotatable bonds is 4. The zero-order valence-corrected chi connectivity index (χ0v) is 10.4. The normalized spacial score (nSPS) is 16.9. The fourth-order valence-corrected chi connectivity index (χ4v) is 2.62. The van der Waals surface area contributed by atoms with Crippen LogP contribution in [0, 0.1) is 0 Å².